The van der Waals surface area contributed by atoms with Crippen LogP contribution >= 0.6 is 11.6 Å². The smallest absolute Gasteiger partial charge is 0.207 e. The van der Waals surface area contributed by atoms with E-state index in [9.17, 15) is 8.42 Å². The van der Waals surface area contributed by atoms with Crippen molar-refractivity contribution in [3.05, 3.63) is 29.3 Å². The third kappa shape index (κ3) is 3.61. The lowest BCUT2D eigenvalue weighted by Gasteiger charge is -2.33. The van der Waals surface area contributed by atoms with E-state index in [0.29, 0.717) is 16.7 Å². The minimum Gasteiger partial charge on any atom is -0.207 e. The highest BCUT2D eigenvalue weighted by Gasteiger charge is 2.31. The zero-order chi connectivity index (χ0) is 15.6. The van der Waals surface area contributed by atoms with Crippen LogP contribution in [0.3, 0.4) is 0 Å². The molecule has 0 saturated heterocycles. The molecule has 1 fully saturated rings. The fourth-order valence-electron chi connectivity index (χ4n) is 3.05. The van der Waals surface area contributed by atoms with Crippen LogP contribution in [0.1, 0.15) is 43.7 Å². The highest BCUT2D eigenvalue weighted by molar-refractivity contribution is 7.89. The highest BCUT2D eigenvalue weighted by Crippen LogP contribution is 2.30. The monoisotopic (exact) mass is 329 g/mol. The van der Waals surface area contributed by atoms with E-state index in [0.717, 1.165) is 30.4 Å². The number of sulfonamides is 1. The molecule has 1 aromatic carbocycles. The number of benzene rings is 1. The molecular formula is C16H24ClNO2S. The van der Waals surface area contributed by atoms with Crippen molar-refractivity contribution in [2.24, 2.45) is 5.92 Å². The average Bonchev–Trinajstić information content (AvgIpc) is 2.46. The van der Waals surface area contributed by atoms with Gasteiger partial charge in [0.05, 0.1) is 4.90 Å². The molecule has 1 aliphatic carbocycles. The Kier molecular flexibility index (Phi) is 5.33. The van der Waals surface area contributed by atoms with Gasteiger partial charge < -0.3 is 0 Å². The van der Waals surface area contributed by atoms with E-state index in [2.05, 4.69) is 6.92 Å². The van der Waals surface area contributed by atoms with Gasteiger partial charge >= 0.3 is 0 Å². The van der Waals surface area contributed by atoms with Crippen LogP contribution in [0.2, 0.25) is 0 Å². The number of aryl methyl sites for hydroxylation is 1. The summed E-state index contributed by atoms with van der Waals surface area (Å²) in [6.45, 7) is 4.14. The fraction of sp³-hybridized carbons (Fsp3) is 0.625. The summed E-state index contributed by atoms with van der Waals surface area (Å²) in [5.41, 5.74) is 1.90. The number of rotatable bonds is 4. The van der Waals surface area contributed by atoms with Gasteiger partial charge in [0, 0.05) is 19.0 Å². The molecule has 0 bridgehead atoms. The summed E-state index contributed by atoms with van der Waals surface area (Å²) >= 11 is 5.89. The maximum absolute atomic E-state index is 12.8. The summed E-state index contributed by atoms with van der Waals surface area (Å²) in [6, 6.07) is 5.34. The van der Waals surface area contributed by atoms with Crippen LogP contribution in [0.15, 0.2) is 23.1 Å². The van der Waals surface area contributed by atoms with Gasteiger partial charge in [-0.2, -0.15) is 4.31 Å². The van der Waals surface area contributed by atoms with E-state index < -0.39 is 10.0 Å². The van der Waals surface area contributed by atoms with Crippen LogP contribution in [-0.2, 0) is 15.9 Å². The zero-order valence-corrected chi connectivity index (χ0v) is 14.5. The number of alkyl halides is 1. The first-order chi connectivity index (χ1) is 9.86. The molecule has 0 heterocycles. The quantitative estimate of drug-likeness (QED) is 0.785. The van der Waals surface area contributed by atoms with Gasteiger partial charge in [-0.05, 0) is 48.9 Å². The summed E-state index contributed by atoms with van der Waals surface area (Å²) < 4.78 is 27.2. The lowest BCUT2D eigenvalue weighted by Crippen LogP contribution is -2.39. The standard InChI is InChI=1S/C16H24ClNO2S/c1-12-5-4-6-15(9-12)18(3)21(19,20)16-8-7-13(2)14(10-16)11-17/h7-8,10,12,15H,4-6,9,11H2,1-3H3. The van der Waals surface area contributed by atoms with E-state index in [1.54, 1.807) is 23.5 Å². The maximum Gasteiger partial charge on any atom is 0.243 e. The molecule has 2 atom stereocenters. The normalized spacial score (nSPS) is 23.5. The molecule has 5 heteroatoms. The van der Waals surface area contributed by atoms with Crippen LogP contribution < -0.4 is 0 Å². The second kappa shape index (κ2) is 6.67. The van der Waals surface area contributed by atoms with Crippen molar-refractivity contribution in [1.82, 2.24) is 4.31 Å². The number of hydrogen-bond acceptors (Lipinski definition) is 2. The van der Waals surface area contributed by atoms with Gasteiger partial charge in [0.15, 0.2) is 0 Å². The highest BCUT2D eigenvalue weighted by atomic mass is 35.5. The van der Waals surface area contributed by atoms with Crippen molar-refractivity contribution >= 4 is 21.6 Å². The van der Waals surface area contributed by atoms with Crippen LogP contribution in [0.4, 0.5) is 0 Å². The van der Waals surface area contributed by atoms with Crippen molar-refractivity contribution in [2.75, 3.05) is 7.05 Å². The summed E-state index contributed by atoms with van der Waals surface area (Å²) in [4.78, 5) is 0.351. The predicted molar refractivity (Wildman–Crippen MR) is 87.1 cm³/mol. The molecule has 3 nitrogen and oxygen atoms in total. The summed E-state index contributed by atoms with van der Waals surface area (Å²) in [6.07, 6.45) is 4.20. The largest absolute Gasteiger partial charge is 0.243 e. The molecule has 1 aliphatic rings. The molecule has 118 valence electrons. The SMILES string of the molecule is Cc1ccc(S(=O)(=O)N(C)C2CCCC(C)C2)cc1CCl. The van der Waals surface area contributed by atoms with Crippen LogP contribution in [-0.4, -0.2) is 25.8 Å². The Morgan fingerprint density at radius 1 is 1.33 bits per heavy atom. The van der Waals surface area contributed by atoms with Crippen molar-refractivity contribution in [1.29, 1.82) is 0 Å². The number of hydrogen-bond donors (Lipinski definition) is 0. The zero-order valence-electron chi connectivity index (χ0n) is 13.0. The Labute approximate surface area is 133 Å². The van der Waals surface area contributed by atoms with Crippen molar-refractivity contribution in [3.8, 4) is 0 Å². The third-order valence-electron chi connectivity index (χ3n) is 4.56. The van der Waals surface area contributed by atoms with Gasteiger partial charge in [0.1, 0.15) is 0 Å². The predicted octanol–water partition coefficient (Wildman–Crippen LogP) is 3.93. The summed E-state index contributed by atoms with van der Waals surface area (Å²) in [7, 11) is -1.73. The summed E-state index contributed by atoms with van der Waals surface area (Å²) in [5.74, 6) is 0.928. The van der Waals surface area contributed by atoms with Crippen molar-refractivity contribution in [3.63, 3.8) is 0 Å². The molecule has 0 aromatic heterocycles. The van der Waals surface area contributed by atoms with Gasteiger partial charge in [-0.15, -0.1) is 11.6 Å². The lowest BCUT2D eigenvalue weighted by molar-refractivity contribution is 0.239. The van der Waals surface area contributed by atoms with Gasteiger partial charge in [0.2, 0.25) is 10.0 Å². The Hall–Kier alpha value is -0.580. The maximum atomic E-state index is 12.8. The molecule has 0 spiro atoms. The van der Waals surface area contributed by atoms with Gasteiger partial charge in [-0.3, -0.25) is 0 Å². The Bertz CT molecular complexity index is 600. The third-order valence-corrected chi connectivity index (χ3v) is 6.76. The number of nitrogens with zero attached hydrogens (tertiary/aromatic N) is 1. The van der Waals surface area contributed by atoms with E-state index in [1.807, 2.05) is 13.0 Å². The van der Waals surface area contributed by atoms with E-state index in [-0.39, 0.29) is 6.04 Å². The molecular weight excluding hydrogens is 306 g/mol. The first-order valence-corrected chi connectivity index (χ1v) is 9.47. The van der Waals surface area contributed by atoms with E-state index >= 15 is 0 Å². The molecule has 0 amide bonds. The first-order valence-electron chi connectivity index (χ1n) is 7.49. The van der Waals surface area contributed by atoms with Crippen molar-refractivity contribution in [2.45, 2.75) is 56.3 Å². The minimum atomic E-state index is -3.44. The molecule has 1 aromatic rings. The molecule has 0 N–H and O–H groups in total. The van der Waals surface area contributed by atoms with Crippen LogP contribution in [0, 0.1) is 12.8 Å². The topological polar surface area (TPSA) is 37.4 Å². The molecule has 2 rings (SSSR count). The molecule has 2 unspecified atom stereocenters. The van der Waals surface area contributed by atoms with Gasteiger partial charge in [-0.25, -0.2) is 8.42 Å². The number of halogens is 1. The van der Waals surface area contributed by atoms with Crippen LogP contribution in [0.25, 0.3) is 0 Å². The fourth-order valence-corrected chi connectivity index (χ4v) is 4.78. The van der Waals surface area contributed by atoms with Crippen LogP contribution in [0.5, 0.6) is 0 Å². The van der Waals surface area contributed by atoms with Gasteiger partial charge in [0.25, 0.3) is 0 Å². The Balaban J connectivity index is 2.28. The van der Waals surface area contributed by atoms with Gasteiger partial charge in [-0.1, -0.05) is 25.8 Å². The molecule has 0 radical (unpaired) electrons. The second-order valence-electron chi connectivity index (χ2n) is 6.17. The minimum absolute atomic E-state index is 0.111. The molecule has 1 saturated carbocycles. The van der Waals surface area contributed by atoms with Crippen molar-refractivity contribution < 1.29 is 8.42 Å². The first kappa shape index (κ1) is 16.8. The Morgan fingerprint density at radius 2 is 2.05 bits per heavy atom. The summed E-state index contributed by atoms with van der Waals surface area (Å²) in [5, 5.41) is 0. The van der Waals surface area contributed by atoms with E-state index in [1.165, 1.54) is 6.42 Å². The molecule has 0 aliphatic heterocycles. The van der Waals surface area contributed by atoms with E-state index in [4.69, 9.17) is 11.6 Å². The lowest BCUT2D eigenvalue weighted by atomic mass is 9.87. The second-order valence-corrected chi connectivity index (χ2v) is 8.43. The molecule has 21 heavy (non-hydrogen) atoms. The Morgan fingerprint density at radius 3 is 2.67 bits per heavy atom. The average molecular weight is 330 g/mol.